The van der Waals surface area contributed by atoms with Gasteiger partial charge in [-0.3, -0.25) is 0 Å². The summed E-state index contributed by atoms with van der Waals surface area (Å²) in [7, 11) is 0. The van der Waals surface area contributed by atoms with Gasteiger partial charge in [-0.25, -0.2) is 0 Å². The first-order valence-electron chi connectivity index (χ1n) is 2.21. The van der Waals surface area contributed by atoms with Gasteiger partial charge in [-0.05, 0) is 0 Å². The Labute approximate surface area is 161 Å². The van der Waals surface area contributed by atoms with E-state index in [9.17, 15) is 0 Å². The summed E-state index contributed by atoms with van der Waals surface area (Å²) in [6, 6.07) is 0. The van der Waals surface area contributed by atoms with Gasteiger partial charge in [-0.2, -0.15) is 0 Å². The fraction of sp³-hybridized carbons (Fsp3) is 0. The molecule has 0 aromatic carbocycles. The van der Waals surface area contributed by atoms with Crippen LogP contribution < -0.4 is 58.2 Å². The van der Waals surface area contributed by atoms with Gasteiger partial charge >= 0.3 is 81.2 Å². The molecule has 0 amide bonds. The molecule has 0 aliphatic rings. The summed E-state index contributed by atoms with van der Waals surface area (Å²) in [5.41, 5.74) is 0. The van der Waals surface area contributed by atoms with E-state index in [0.717, 1.165) is 0 Å². The first-order valence-corrected chi connectivity index (χ1v) is 2.21. The van der Waals surface area contributed by atoms with Crippen LogP contribution in [0.2, 0.25) is 0 Å². The van der Waals surface area contributed by atoms with Crippen molar-refractivity contribution in [2.75, 3.05) is 0 Å². The van der Waals surface area contributed by atoms with Crippen molar-refractivity contribution < 1.29 is 83.7 Å². The Hall–Kier alpha value is -0.629. The summed E-state index contributed by atoms with van der Waals surface area (Å²) >= 11 is 0. The first kappa shape index (κ1) is 36.0. The Morgan fingerprint density at radius 3 is 0.611 bits per heavy atom. The van der Waals surface area contributed by atoms with Gasteiger partial charge in [0, 0.05) is 0 Å². The van der Waals surface area contributed by atoms with E-state index in [1.807, 2.05) is 0 Å². The molecule has 96 valence electrons. The average molecular weight is 359 g/mol. The molecule has 0 bridgehead atoms. The molecule has 18 heteroatoms. The number of rotatable bonds is 0. The second-order valence-electron chi connectivity index (χ2n) is 0.909. The van der Waals surface area contributed by atoms with Gasteiger partial charge in [-0.1, -0.05) is 0 Å². The van der Waals surface area contributed by atoms with E-state index in [0.29, 0.717) is 0 Å². The summed E-state index contributed by atoms with van der Waals surface area (Å²) in [6.45, 7) is 0. The molecule has 0 atom stereocenters. The number of hydrogen-bond acceptors (Lipinski definition) is 11. The number of hydrogen-bond donors (Lipinski definition) is 1. The summed E-state index contributed by atoms with van der Waals surface area (Å²) < 4.78 is 0. The maximum absolute atomic E-state index is 8.36. The monoisotopic (exact) mass is 358 g/mol. The molecule has 0 fully saturated rings. The fourth-order valence-electron chi connectivity index (χ4n) is 0. The average Bonchev–Trinajstić information content (AvgIpc) is 1.76. The molecule has 0 heterocycles. The second-order valence-corrected chi connectivity index (χ2v) is 0.909. The molecule has 0 saturated heterocycles. The predicted molar refractivity (Wildman–Crippen MR) is 45.6 cm³/mol. The molecular formula is HMgN4O12Rb. The van der Waals surface area contributed by atoms with Crippen LogP contribution in [0.25, 0.3) is 0 Å². The Kier molecular flexibility index (Phi) is 59.8. The topological polar surface area (TPSA) is 262 Å². The summed E-state index contributed by atoms with van der Waals surface area (Å²) in [4.78, 5) is 33.1. The van der Waals surface area contributed by atoms with Crippen molar-refractivity contribution >= 4 is 23.1 Å². The minimum absolute atomic E-state index is 0. The van der Waals surface area contributed by atoms with Gasteiger partial charge in [0.2, 0.25) is 0 Å². The van der Waals surface area contributed by atoms with Gasteiger partial charge in [0.1, 0.15) is 0 Å². The molecule has 0 aromatic rings. The van der Waals surface area contributed by atoms with Crippen LogP contribution in [0.15, 0.2) is 0 Å². The van der Waals surface area contributed by atoms with Crippen LogP contribution in [0.3, 0.4) is 0 Å². The molecule has 0 aliphatic carbocycles. The fourth-order valence-corrected chi connectivity index (χ4v) is 0. The van der Waals surface area contributed by atoms with Crippen molar-refractivity contribution in [3.05, 3.63) is 56.1 Å². The minimum atomic E-state index is -1.75. The van der Waals surface area contributed by atoms with Crippen molar-refractivity contribution in [1.82, 2.24) is 0 Å². The Bertz CT molecular complexity index is 164. The van der Waals surface area contributed by atoms with Crippen LogP contribution >= 0.6 is 0 Å². The zero-order valence-corrected chi connectivity index (χ0v) is 14.8. The van der Waals surface area contributed by atoms with Crippen molar-refractivity contribution in [1.29, 1.82) is 0 Å². The van der Waals surface area contributed by atoms with Gasteiger partial charge < -0.3 is 51.2 Å². The van der Waals surface area contributed by atoms with E-state index in [4.69, 9.17) is 61.3 Å². The Balaban J connectivity index is -0.0000000257. The normalized spacial score (nSPS) is 5.33. The molecule has 1 N–H and O–H groups in total. The summed E-state index contributed by atoms with van der Waals surface area (Å²) in [5, 5.41) is 57.9. The van der Waals surface area contributed by atoms with Crippen molar-refractivity contribution in [3.8, 4) is 0 Å². The molecule has 0 aliphatic heterocycles. The molecular weight excluding hydrogens is 358 g/mol. The van der Waals surface area contributed by atoms with Crippen LogP contribution in [0.5, 0.6) is 0 Å². The molecule has 0 spiro atoms. The van der Waals surface area contributed by atoms with Gasteiger partial charge in [0.25, 0.3) is 5.09 Å². The molecule has 0 saturated carbocycles. The van der Waals surface area contributed by atoms with E-state index in [2.05, 4.69) is 0 Å². The Morgan fingerprint density at radius 1 is 0.611 bits per heavy atom. The molecule has 0 aromatic heterocycles. The van der Waals surface area contributed by atoms with Crippen LogP contribution in [-0.4, -0.2) is 48.6 Å². The van der Waals surface area contributed by atoms with Crippen LogP contribution in [0, 0.1) is 56.1 Å². The summed E-state index contributed by atoms with van der Waals surface area (Å²) in [5.74, 6) is 0. The van der Waals surface area contributed by atoms with E-state index < -0.39 is 20.3 Å². The van der Waals surface area contributed by atoms with Gasteiger partial charge in [0.05, 0.1) is 15.3 Å². The Morgan fingerprint density at radius 2 is 0.611 bits per heavy atom. The van der Waals surface area contributed by atoms with Crippen LogP contribution in [0.1, 0.15) is 0 Å². The third kappa shape index (κ3) is 8040. The zero-order chi connectivity index (χ0) is 14.3. The SMILES string of the molecule is O=[N+]([O-])O.O=[N+]([O-])[O-].O=[N+]([O-])[O-].O=[N+]([O-])[O-].[Mg+2].[Rb+]. The standard InChI is InChI=1S/Mg.HNO3.3NO3.Rb/c;4*2-1(3)4;/h;(H,2,3,4);;;;/q+2;;3*-1;+1. The largest absolute Gasteiger partial charge is 2.00 e. The van der Waals surface area contributed by atoms with E-state index in [1.54, 1.807) is 0 Å². The second kappa shape index (κ2) is 29.9. The first-order chi connectivity index (χ1) is 6.93. The van der Waals surface area contributed by atoms with Crippen molar-refractivity contribution in [2.24, 2.45) is 0 Å². The molecule has 16 nitrogen and oxygen atoms in total. The van der Waals surface area contributed by atoms with Gasteiger partial charge in [0.15, 0.2) is 0 Å². The van der Waals surface area contributed by atoms with Crippen LogP contribution in [0.4, 0.5) is 0 Å². The number of nitrogens with zero attached hydrogens (tertiary/aromatic N) is 4. The zero-order valence-electron chi connectivity index (χ0n) is 8.43. The van der Waals surface area contributed by atoms with Crippen molar-refractivity contribution in [3.63, 3.8) is 0 Å². The molecule has 0 radical (unpaired) electrons. The third-order valence-corrected chi connectivity index (χ3v) is 0. The van der Waals surface area contributed by atoms with E-state index >= 15 is 0 Å². The maximum atomic E-state index is 8.36. The molecule has 0 rings (SSSR count). The van der Waals surface area contributed by atoms with E-state index in [-0.39, 0.29) is 81.2 Å². The predicted octanol–water partition coefficient (Wildman–Crippen LogP) is -4.44. The quantitative estimate of drug-likeness (QED) is 0.244. The minimum Gasteiger partial charge on any atom is -0.356 e. The van der Waals surface area contributed by atoms with Gasteiger partial charge in [-0.15, -0.1) is 10.1 Å². The molecule has 18 heavy (non-hydrogen) atoms. The summed E-state index contributed by atoms with van der Waals surface area (Å²) in [6.07, 6.45) is 0. The third-order valence-electron chi connectivity index (χ3n) is 0. The van der Waals surface area contributed by atoms with E-state index in [1.165, 1.54) is 0 Å². The molecule has 0 unspecified atom stereocenters. The van der Waals surface area contributed by atoms with Crippen molar-refractivity contribution in [2.45, 2.75) is 0 Å². The smallest absolute Gasteiger partial charge is 0.356 e. The maximum Gasteiger partial charge on any atom is 2.00 e. The van der Waals surface area contributed by atoms with Crippen LogP contribution in [-0.2, 0) is 0 Å².